The van der Waals surface area contributed by atoms with E-state index in [2.05, 4.69) is 0 Å². The number of anilines is 1. The van der Waals surface area contributed by atoms with Gasteiger partial charge in [0, 0.05) is 12.7 Å². The predicted molar refractivity (Wildman–Crippen MR) is 72.6 cm³/mol. The molecule has 1 aromatic carbocycles. The Morgan fingerprint density at radius 3 is 3.00 bits per heavy atom. The number of hydrogen-bond donors (Lipinski definition) is 1. The molecule has 2 rings (SSSR count). The van der Waals surface area contributed by atoms with E-state index >= 15 is 0 Å². The van der Waals surface area contributed by atoms with E-state index in [1.807, 2.05) is 22.6 Å². The Balaban J connectivity index is 1.96. The van der Waals surface area contributed by atoms with Crippen molar-refractivity contribution in [2.75, 3.05) is 18.9 Å². The van der Waals surface area contributed by atoms with E-state index in [1.165, 1.54) is 6.07 Å². The fourth-order valence-corrected chi connectivity index (χ4v) is 2.28. The second kappa shape index (κ2) is 5.86. The van der Waals surface area contributed by atoms with Gasteiger partial charge in [0.15, 0.2) is 0 Å². The Hall–Kier alpha value is -0.560. The van der Waals surface area contributed by atoms with Gasteiger partial charge in [0.05, 0.1) is 15.4 Å². The van der Waals surface area contributed by atoms with Crippen LogP contribution in [0.5, 0.6) is 5.75 Å². The van der Waals surface area contributed by atoms with Crippen molar-refractivity contribution < 1.29 is 13.9 Å². The van der Waals surface area contributed by atoms with Crippen molar-refractivity contribution in [2.45, 2.75) is 25.4 Å². The largest absolute Gasteiger partial charge is 0.489 e. The van der Waals surface area contributed by atoms with E-state index < -0.39 is 0 Å². The summed E-state index contributed by atoms with van der Waals surface area (Å²) in [6.07, 6.45) is 3.36. The van der Waals surface area contributed by atoms with Gasteiger partial charge in [0.2, 0.25) is 0 Å². The molecule has 0 saturated carbocycles. The van der Waals surface area contributed by atoms with Crippen LogP contribution in [0.4, 0.5) is 10.1 Å². The first kappa shape index (κ1) is 12.9. The van der Waals surface area contributed by atoms with E-state index in [0.717, 1.165) is 25.9 Å². The van der Waals surface area contributed by atoms with Gasteiger partial charge >= 0.3 is 0 Å². The normalized spacial score (nSPS) is 20.2. The average Bonchev–Trinajstić information content (AvgIpc) is 2.33. The highest BCUT2D eigenvalue weighted by atomic mass is 127. The molecule has 5 heteroatoms. The molecule has 0 radical (unpaired) electrons. The number of halogens is 2. The number of nitrogens with two attached hydrogens (primary N) is 1. The maximum absolute atomic E-state index is 13.4. The van der Waals surface area contributed by atoms with E-state index in [0.29, 0.717) is 21.6 Å². The quantitative estimate of drug-likeness (QED) is 0.673. The van der Waals surface area contributed by atoms with Crippen LogP contribution in [0.2, 0.25) is 0 Å². The van der Waals surface area contributed by atoms with Crippen LogP contribution in [0.15, 0.2) is 12.1 Å². The van der Waals surface area contributed by atoms with Crippen molar-refractivity contribution in [3.63, 3.8) is 0 Å². The number of rotatable bonds is 3. The summed E-state index contributed by atoms with van der Waals surface area (Å²) in [5.41, 5.74) is 6.23. The van der Waals surface area contributed by atoms with Crippen molar-refractivity contribution in [3.05, 3.63) is 21.5 Å². The predicted octanol–water partition coefficient (Wildman–Crippen LogP) is 2.96. The number of ether oxygens (including phenoxy) is 2. The summed E-state index contributed by atoms with van der Waals surface area (Å²) in [5.74, 6) is 0.0939. The lowest BCUT2D eigenvalue weighted by atomic mass is 10.1. The van der Waals surface area contributed by atoms with Crippen molar-refractivity contribution in [1.82, 2.24) is 0 Å². The number of hydrogen-bond acceptors (Lipinski definition) is 3. The lowest BCUT2D eigenvalue weighted by molar-refractivity contribution is -0.0109. The molecule has 94 valence electrons. The molecule has 1 unspecified atom stereocenters. The Bertz CT molecular complexity index is 394. The molecule has 0 bridgehead atoms. The average molecular weight is 351 g/mol. The van der Waals surface area contributed by atoms with Crippen LogP contribution in [0.1, 0.15) is 19.3 Å². The lowest BCUT2D eigenvalue weighted by Crippen LogP contribution is -2.26. The van der Waals surface area contributed by atoms with Crippen molar-refractivity contribution in [1.29, 1.82) is 0 Å². The molecule has 0 amide bonds. The Kier molecular flexibility index (Phi) is 4.44. The molecule has 1 aliphatic rings. The van der Waals surface area contributed by atoms with Crippen molar-refractivity contribution in [2.24, 2.45) is 0 Å². The third kappa shape index (κ3) is 3.45. The monoisotopic (exact) mass is 351 g/mol. The highest BCUT2D eigenvalue weighted by Gasteiger charge is 2.15. The second-order valence-electron chi connectivity index (χ2n) is 4.10. The van der Waals surface area contributed by atoms with E-state index in [9.17, 15) is 4.39 Å². The smallest absolute Gasteiger partial charge is 0.145 e. The molecule has 17 heavy (non-hydrogen) atoms. The SMILES string of the molecule is Nc1cc(I)c(F)cc1OCC1CCCCO1. The van der Waals surface area contributed by atoms with Crippen LogP contribution < -0.4 is 10.5 Å². The minimum atomic E-state index is -0.306. The van der Waals surface area contributed by atoms with Crippen molar-refractivity contribution >= 4 is 28.3 Å². The van der Waals surface area contributed by atoms with E-state index in [-0.39, 0.29) is 11.9 Å². The second-order valence-corrected chi connectivity index (χ2v) is 5.27. The van der Waals surface area contributed by atoms with Crippen LogP contribution >= 0.6 is 22.6 Å². The summed E-state index contributed by atoms with van der Waals surface area (Å²) in [5, 5.41) is 0. The van der Waals surface area contributed by atoms with Gasteiger partial charge in [-0.2, -0.15) is 0 Å². The van der Waals surface area contributed by atoms with E-state index in [4.69, 9.17) is 15.2 Å². The zero-order valence-electron chi connectivity index (χ0n) is 9.42. The van der Waals surface area contributed by atoms with Gasteiger partial charge in [0.1, 0.15) is 18.2 Å². The third-order valence-corrected chi connectivity index (χ3v) is 3.58. The summed E-state index contributed by atoms with van der Waals surface area (Å²) in [6.45, 7) is 1.22. The zero-order valence-corrected chi connectivity index (χ0v) is 11.6. The molecule has 0 spiro atoms. The fourth-order valence-electron chi connectivity index (χ4n) is 1.79. The molecule has 1 aromatic rings. The van der Waals surface area contributed by atoms with Crippen LogP contribution in [-0.4, -0.2) is 19.3 Å². The number of nitrogen functional groups attached to an aromatic ring is 1. The Morgan fingerprint density at radius 2 is 2.29 bits per heavy atom. The Morgan fingerprint density at radius 1 is 1.47 bits per heavy atom. The van der Waals surface area contributed by atoms with Gasteiger partial charge in [0.25, 0.3) is 0 Å². The van der Waals surface area contributed by atoms with Gasteiger partial charge in [-0.15, -0.1) is 0 Å². The highest BCUT2D eigenvalue weighted by Crippen LogP contribution is 2.27. The maximum atomic E-state index is 13.4. The molecule has 1 heterocycles. The van der Waals surface area contributed by atoms with Gasteiger partial charge in [-0.1, -0.05) is 0 Å². The molecule has 1 atom stereocenters. The molecular weight excluding hydrogens is 336 g/mol. The van der Waals surface area contributed by atoms with E-state index in [1.54, 1.807) is 6.07 Å². The standard InChI is InChI=1S/C12H15FINO2/c13-9-5-12(11(15)6-10(9)14)17-7-8-3-1-2-4-16-8/h5-6,8H,1-4,7,15H2. The summed E-state index contributed by atoms with van der Waals surface area (Å²) in [4.78, 5) is 0. The summed E-state index contributed by atoms with van der Waals surface area (Å²) < 4.78 is 24.9. The molecule has 1 saturated heterocycles. The van der Waals surface area contributed by atoms with Gasteiger partial charge in [-0.3, -0.25) is 0 Å². The minimum absolute atomic E-state index is 0.102. The first-order valence-corrected chi connectivity index (χ1v) is 6.73. The Labute approximate surface area is 114 Å². The fraction of sp³-hybridized carbons (Fsp3) is 0.500. The van der Waals surface area contributed by atoms with Crippen LogP contribution in [0.3, 0.4) is 0 Å². The van der Waals surface area contributed by atoms with Gasteiger partial charge < -0.3 is 15.2 Å². The molecule has 0 aromatic heterocycles. The summed E-state index contributed by atoms with van der Waals surface area (Å²) in [7, 11) is 0. The van der Waals surface area contributed by atoms with Gasteiger partial charge in [-0.05, 0) is 47.9 Å². The molecule has 2 N–H and O–H groups in total. The summed E-state index contributed by atoms with van der Waals surface area (Å²) in [6, 6.07) is 2.91. The van der Waals surface area contributed by atoms with Gasteiger partial charge in [-0.25, -0.2) is 4.39 Å². The zero-order chi connectivity index (χ0) is 12.3. The minimum Gasteiger partial charge on any atom is -0.489 e. The molecule has 3 nitrogen and oxygen atoms in total. The molecule has 0 aliphatic carbocycles. The highest BCUT2D eigenvalue weighted by molar-refractivity contribution is 14.1. The van der Waals surface area contributed by atoms with Crippen LogP contribution in [0.25, 0.3) is 0 Å². The third-order valence-electron chi connectivity index (χ3n) is 2.75. The van der Waals surface area contributed by atoms with Crippen molar-refractivity contribution in [3.8, 4) is 5.75 Å². The van der Waals surface area contributed by atoms with Crippen LogP contribution in [0, 0.1) is 9.39 Å². The first-order chi connectivity index (χ1) is 8.16. The topological polar surface area (TPSA) is 44.5 Å². The van der Waals surface area contributed by atoms with Crippen LogP contribution in [-0.2, 0) is 4.74 Å². The molecule has 1 aliphatic heterocycles. The molecular formula is C12H15FINO2. The first-order valence-electron chi connectivity index (χ1n) is 5.66. The summed E-state index contributed by atoms with van der Waals surface area (Å²) >= 11 is 1.90. The number of benzene rings is 1. The maximum Gasteiger partial charge on any atom is 0.145 e. The lowest BCUT2D eigenvalue weighted by Gasteiger charge is -2.23. The molecule has 1 fully saturated rings.